The minimum atomic E-state index is 0.321. The van der Waals surface area contributed by atoms with Gasteiger partial charge in [0.05, 0.1) is 12.7 Å². The Morgan fingerprint density at radius 2 is 2.21 bits per heavy atom. The second-order valence-corrected chi connectivity index (χ2v) is 4.63. The predicted octanol–water partition coefficient (Wildman–Crippen LogP) is 1.22. The van der Waals surface area contributed by atoms with E-state index in [-0.39, 0.29) is 0 Å². The van der Waals surface area contributed by atoms with E-state index in [4.69, 9.17) is 4.74 Å². The van der Waals surface area contributed by atoms with E-state index >= 15 is 0 Å². The third-order valence-corrected chi connectivity index (χ3v) is 3.34. The van der Waals surface area contributed by atoms with Crippen LogP contribution in [0.1, 0.15) is 33.1 Å². The quantitative estimate of drug-likeness (QED) is 0.633. The number of ether oxygens (including phenoxy) is 1. The Labute approximate surface area is 85.4 Å². The van der Waals surface area contributed by atoms with E-state index in [1.165, 1.54) is 0 Å². The molecule has 1 aliphatic carbocycles. The van der Waals surface area contributed by atoms with E-state index < -0.39 is 0 Å². The minimum absolute atomic E-state index is 0.321. The van der Waals surface area contributed by atoms with E-state index in [2.05, 4.69) is 18.7 Å². The highest BCUT2D eigenvalue weighted by atomic mass is 16.5. The molecule has 3 atom stereocenters. The van der Waals surface area contributed by atoms with E-state index in [1.54, 1.807) is 0 Å². The number of nitrogens with zero attached hydrogens (tertiary/aromatic N) is 1. The van der Waals surface area contributed by atoms with Crippen LogP contribution in [0.4, 0.5) is 0 Å². The summed E-state index contributed by atoms with van der Waals surface area (Å²) in [6.07, 6.45) is 2.91. The van der Waals surface area contributed by atoms with Crippen LogP contribution in [-0.2, 0) is 9.53 Å². The zero-order chi connectivity index (χ0) is 10.1. The Morgan fingerprint density at radius 1 is 1.43 bits per heavy atom. The number of hydrogen-bond donors (Lipinski definition) is 0. The van der Waals surface area contributed by atoms with Gasteiger partial charge in [0, 0.05) is 31.5 Å². The smallest absolute Gasteiger partial charge is 0.134 e. The first-order valence-electron chi connectivity index (χ1n) is 5.56. The first kappa shape index (κ1) is 10.1. The first-order chi connectivity index (χ1) is 6.66. The molecule has 0 N–H and O–H groups in total. The van der Waals surface area contributed by atoms with Crippen LogP contribution < -0.4 is 0 Å². The summed E-state index contributed by atoms with van der Waals surface area (Å²) in [5.41, 5.74) is 0. The molecule has 3 heteroatoms. The number of morpholine rings is 1. The van der Waals surface area contributed by atoms with Crippen LogP contribution >= 0.6 is 0 Å². The number of Topliss-reactive ketones (excluding diaryl/α,β-unsaturated/α-hetero) is 1. The predicted molar refractivity (Wildman–Crippen MR) is 54.2 cm³/mol. The third-order valence-electron chi connectivity index (χ3n) is 3.34. The summed E-state index contributed by atoms with van der Waals surface area (Å²) in [6, 6.07) is 0.964. The second-order valence-electron chi connectivity index (χ2n) is 4.63. The molecule has 2 rings (SSSR count). The molecular formula is C11H19NO2. The molecule has 2 fully saturated rings. The van der Waals surface area contributed by atoms with Crippen molar-refractivity contribution >= 4 is 5.78 Å². The van der Waals surface area contributed by atoms with E-state index in [9.17, 15) is 4.79 Å². The summed E-state index contributed by atoms with van der Waals surface area (Å²) in [7, 11) is 0. The highest BCUT2D eigenvalue weighted by molar-refractivity contribution is 5.81. The van der Waals surface area contributed by atoms with Crippen LogP contribution in [0.5, 0.6) is 0 Å². The van der Waals surface area contributed by atoms with Gasteiger partial charge in [0.1, 0.15) is 5.78 Å². The molecule has 1 heterocycles. The molecule has 0 radical (unpaired) electrons. The Morgan fingerprint density at radius 3 is 2.86 bits per heavy atom. The molecule has 3 nitrogen and oxygen atoms in total. The second kappa shape index (κ2) is 3.99. The van der Waals surface area contributed by atoms with Gasteiger partial charge in [-0.2, -0.15) is 0 Å². The van der Waals surface area contributed by atoms with Crippen molar-refractivity contribution in [2.45, 2.75) is 51.3 Å². The summed E-state index contributed by atoms with van der Waals surface area (Å²) in [6.45, 7) is 6.09. The van der Waals surface area contributed by atoms with Crippen LogP contribution in [0, 0.1) is 0 Å². The maximum absolute atomic E-state index is 11.2. The number of carbonyl (C=O) groups is 1. The monoisotopic (exact) mass is 197 g/mol. The van der Waals surface area contributed by atoms with Crippen molar-refractivity contribution in [3.05, 3.63) is 0 Å². The summed E-state index contributed by atoms with van der Waals surface area (Å²) >= 11 is 0. The molecule has 3 unspecified atom stereocenters. The van der Waals surface area contributed by atoms with Gasteiger partial charge in [-0.05, 0) is 20.3 Å². The van der Waals surface area contributed by atoms with Gasteiger partial charge in [-0.25, -0.2) is 0 Å². The Bertz CT molecular complexity index is 229. The highest BCUT2D eigenvalue weighted by Gasteiger charge is 2.33. The standard InChI is InChI=1S/C11H19NO2/c1-8-7-14-9(2)6-12(8)10-3-4-11(13)5-10/h8-10H,3-7H2,1-2H3. The summed E-state index contributed by atoms with van der Waals surface area (Å²) < 4.78 is 5.58. The van der Waals surface area contributed by atoms with Crippen molar-refractivity contribution in [1.82, 2.24) is 4.90 Å². The lowest BCUT2D eigenvalue weighted by Crippen LogP contribution is -2.51. The Kier molecular flexibility index (Phi) is 2.88. The van der Waals surface area contributed by atoms with Crippen LogP contribution in [0.2, 0.25) is 0 Å². The van der Waals surface area contributed by atoms with E-state index in [0.29, 0.717) is 24.0 Å². The molecule has 0 aromatic heterocycles. The van der Waals surface area contributed by atoms with Gasteiger partial charge in [0.15, 0.2) is 0 Å². The van der Waals surface area contributed by atoms with Gasteiger partial charge >= 0.3 is 0 Å². The van der Waals surface area contributed by atoms with Crippen LogP contribution in [0.25, 0.3) is 0 Å². The summed E-state index contributed by atoms with van der Waals surface area (Å²) in [4.78, 5) is 13.7. The lowest BCUT2D eigenvalue weighted by Gasteiger charge is -2.40. The summed E-state index contributed by atoms with van der Waals surface area (Å²) in [5, 5.41) is 0. The number of rotatable bonds is 1. The van der Waals surface area contributed by atoms with Gasteiger partial charge < -0.3 is 4.74 Å². The zero-order valence-electron chi connectivity index (χ0n) is 9.03. The SMILES string of the molecule is CC1CN(C2CCC(=O)C2)C(C)CO1. The third kappa shape index (κ3) is 1.98. The molecule has 0 spiro atoms. The first-order valence-corrected chi connectivity index (χ1v) is 5.56. The van der Waals surface area contributed by atoms with Crippen LogP contribution in [0.15, 0.2) is 0 Å². The maximum Gasteiger partial charge on any atom is 0.134 e. The van der Waals surface area contributed by atoms with Crippen molar-refractivity contribution in [3.63, 3.8) is 0 Å². The molecule has 80 valence electrons. The average molecular weight is 197 g/mol. The van der Waals surface area contributed by atoms with Crippen molar-refractivity contribution in [3.8, 4) is 0 Å². The van der Waals surface area contributed by atoms with Gasteiger partial charge in [0.2, 0.25) is 0 Å². The van der Waals surface area contributed by atoms with Gasteiger partial charge in [0.25, 0.3) is 0 Å². The average Bonchev–Trinajstić information content (AvgIpc) is 2.56. The fourth-order valence-electron chi connectivity index (χ4n) is 2.52. The molecule has 0 bridgehead atoms. The molecule has 2 aliphatic rings. The summed E-state index contributed by atoms with van der Waals surface area (Å²) in [5.74, 6) is 0.432. The minimum Gasteiger partial charge on any atom is -0.376 e. The van der Waals surface area contributed by atoms with Gasteiger partial charge in [-0.3, -0.25) is 9.69 Å². The Balaban J connectivity index is 1.97. The lowest BCUT2D eigenvalue weighted by atomic mass is 10.1. The van der Waals surface area contributed by atoms with Crippen LogP contribution in [0.3, 0.4) is 0 Å². The van der Waals surface area contributed by atoms with Crippen molar-refractivity contribution in [2.75, 3.05) is 13.2 Å². The number of carbonyl (C=O) groups excluding carboxylic acids is 1. The zero-order valence-corrected chi connectivity index (χ0v) is 9.03. The molecule has 1 saturated heterocycles. The van der Waals surface area contributed by atoms with Gasteiger partial charge in [-0.15, -0.1) is 0 Å². The van der Waals surface area contributed by atoms with E-state index in [0.717, 1.165) is 32.4 Å². The van der Waals surface area contributed by atoms with Crippen molar-refractivity contribution in [2.24, 2.45) is 0 Å². The molecule has 0 aromatic carbocycles. The fraction of sp³-hybridized carbons (Fsp3) is 0.909. The highest BCUT2D eigenvalue weighted by Crippen LogP contribution is 2.25. The topological polar surface area (TPSA) is 29.5 Å². The number of ketones is 1. The molecule has 1 aliphatic heterocycles. The molecule has 0 amide bonds. The van der Waals surface area contributed by atoms with Crippen LogP contribution in [-0.4, -0.2) is 42.0 Å². The molecule has 0 aromatic rings. The molecule has 1 saturated carbocycles. The maximum atomic E-state index is 11.2. The van der Waals surface area contributed by atoms with Crippen molar-refractivity contribution in [1.29, 1.82) is 0 Å². The van der Waals surface area contributed by atoms with Gasteiger partial charge in [-0.1, -0.05) is 0 Å². The largest absolute Gasteiger partial charge is 0.376 e. The molecule has 14 heavy (non-hydrogen) atoms. The fourth-order valence-corrected chi connectivity index (χ4v) is 2.52. The number of hydrogen-bond acceptors (Lipinski definition) is 3. The Hall–Kier alpha value is -0.410. The molecular weight excluding hydrogens is 178 g/mol. The van der Waals surface area contributed by atoms with E-state index in [1.807, 2.05) is 0 Å². The normalized spacial score (nSPS) is 40.4. The lowest BCUT2D eigenvalue weighted by molar-refractivity contribution is -0.118. The van der Waals surface area contributed by atoms with Crippen molar-refractivity contribution < 1.29 is 9.53 Å².